The van der Waals surface area contributed by atoms with Gasteiger partial charge in [-0.15, -0.1) is 0 Å². The minimum absolute atomic E-state index is 0.226. The molecule has 0 saturated carbocycles. The van der Waals surface area contributed by atoms with Crippen LogP contribution in [0.1, 0.15) is 26.7 Å². The predicted molar refractivity (Wildman–Crippen MR) is 38.8 cm³/mol. The third-order valence-electron chi connectivity index (χ3n) is 1.99. The van der Waals surface area contributed by atoms with Gasteiger partial charge in [0, 0.05) is 12.3 Å². The van der Waals surface area contributed by atoms with E-state index in [1.807, 2.05) is 13.8 Å². The number of hydrogen-bond donors (Lipinski definition) is 0. The zero-order chi connectivity index (χ0) is 7.56. The molecule has 0 radical (unpaired) electrons. The number of ether oxygens (including phenoxy) is 1. The number of ketones is 1. The molecule has 0 bridgehead atoms. The summed E-state index contributed by atoms with van der Waals surface area (Å²) < 4.78 is 4.95. The van der Waals surface area contributed by atoms with Gasteiger partial charge in [0.25, 0.3) is 0 Å². The van der Waals surface area contributed by atoms with Crippen LogP contribution in [0.3, 0.4) is 0 Å². The lowest BCUT2D eigenvalue weighted by atomic mass is 10.0. The van der Waals surface area contributed by atoms with Crippen LogP contribution >= 0.6 is 0 Å². The van der Waals surface area contributed by atoms with Crippen molar-refractivity contribution in [3.05, 3.63) is 0 Å². The topological polar surface area (TPSA) is 29.6 Å². The summed E-state index contributed by atoms with van der Waals surface area (Å²) in [5.74, 6) is 0.578. The third-order valence-corrected chi connectivity index (χ3v) is 1.99. The van der Waals surface area contributed by atoms with E-state index in [1.165, 1.54) is 0 Å². The zero-order valence-corrected chi connectivity index (χ0v) is 6.59. The van der Waals surface area contributed by atoms with E-state index >= 15 is 0 Å². The average molecular weight is 142 g/mol. The van der Waals surface area contributed by atoms with Gasteiger partial charge in [-0.25, -0.2) is 0 Å². The Hall–Kier alpha value is -0.370. The van der Waals surface area contributed by atoms with Crippen LogP contribution in [0.25, 0.3) is 0 Å². The fraction of sp³-hybridized carbons (Fsp3) is 0.875. The smallest absolute Gasteiger partial charge is 0.138 e. The van der Waals surface area contributed by atoms with Gasteiger partial charge in [0.1, 0.15) is 5.78 Å². The molecule has 1 aliphatic rings. The monoisotopic (exact) mass is 142 g/mol. The first kappa shape index (κ1) is 7.73. The van der Waals surface area contributed by atoms with Crippen molar-refractivity contribution >= 4 is 5.78 Å². The zero-order valence-electron chi connectivity index (χ0n) is 6.59. The second-order valence-electron chi connectivity index (χ2n) is 2.94. The molecule has 10 heavy (non-hydrogen) atoms. The van der Waals surface area contributed by atoms with Crippen molar-refractivity contribution in [1.29, 1.82) is 0 Å². The second-order valence-corrected chi connectivity index (χ2v) is 2.94. The molecule has 2 atom stereocenters. The summed E-state index contributed by atoms with van der Waals surface area (Å²) in [7, 11) is 0. The van der Waals surface area contributed by atoms with Crippen LogP contribution in [-0.2, 0) is 9.53 Å². The van der Waals surface area contributed by atoms with Gasteiger partial charge < -0.3 is 4.74 Å². The average Bonchev–Trinajstić information content (AvgIpc) is 2.70. The lowest BCUT2D eigenvalue weighted by Crippen LogP contribution is -2.11. The summed E-state index contributed by atoms with van der Waals surface area (Å²) in [6.45, 7) is 4.81. The van der Waals surface area contributed by atoms with Crippen molar-refractivity contribution in [3.8, 4) is 0 Å². The van der Waals surface area contributed by atoms with E-state index in [9.17, 15) is 4.79 Å². The normalized spacial score (nSPS) is 26.0. The van der Waals surface area contributed by atoms with Gasteiger partial charge in [-0.3, -0.25) is 4.79 Å². The molecule has 58 valence electrons. The second kappa shape index (κ2) is 3.15. The van der Waals surface area contributed by atoms with Crippen molar-refractivity contribution < 1.29 is 9.53 Å². The first-order valence-electron chi connectivity index (χ1n) is 3.88. The molecule has 1 rings (SSSR count). The largest absolute Gasteiger partial charge is 0.373 e. The summed E-state index contributed by atoms with van der Waals surface area (Å²) in [4.78, 5) is 11.1. The molecule has 1 aliphatic heterocycles. The fourth-order valence-electron chi connectivity index (χ4n) is 0.839. The van der Waals surface area contributed by atoms with E-state index < -0.39 is 0 Å². The van der Waals surface area contributed by atoms with Crippen molar-refractivity contribution in [3.63, 3.8) is 0 Å². The molecule has 1 fully saturated rings. The Labute approximate surface area is 61.6 Å². The van der Waals surface area contributed by atoms with Gasteiger partial charge in [0.05, 0.1) is 12.7 Å². The molecular weight excluding hydrogens is 128 g/mol. The highest BCUT2D eigenvalue weighted by Crippen LogP contribution is 2.17. The summed E-state index contributed by atoms with van der Waals surface area (Å²) in [6.07, 6.45) is 1.85. The van der Waals surface area contributed by atoms with Gasteiger partial charge in [0.15, 0.2) is 0 Å². The standard InChI is InChI=1S/C8H14O2/c1-3-6(2)8(9)4-7-5-10-7/h6-7H,3-5H2,1-2H3. The van der Waals surface area contributed by atoms with E-state index in [0.29, 0.717) is 12.2 Å². The van der Waals surface area contributed by atoms with Gasteiger partial charge >= 0.3 is 0 Å². The molecule has 2 heteroatoms. The molecule has 0 aromatic heterocycles. The Balaban J connectivity index is 2.18. The van der Waals surface area contributed by atoms with E-state index in [2.05, 4.69) is 0 Å². The maximum atomic E-state index is 11.1. The van der Waals surface area contributed by atoms with Crippen molar-refractivity contribution in [2.75, 3.05) is 6.61 Å². The minimum atomic E-state index is 0.226. The molecule has 0 N–H and O–H groups in total. The molecule has 0 spiro atoms. The first-order chi connectivity index (χ1) is 4.74. The van der Waals surface area contributed by atoms with Crippen LogP contribution in [0.15, 0.2) is 0 Å². The SMILES string of the molecule is CCC(C)C(=O)CC1CO1. The van der Waals surface area contributed by atoms with Crippen molar-refractivity contribution in [2.24, 2.45) is 5.92 Å². The summed E-state index contributed by atoms with van der Waals surface area (Å²) in [5.41, 5.74) is 0. The molecule has 0 aromatic carbocycles. The molecule has 0 aromatic rings. The lowest BCUT2D eigenvalue weighted by molar-refractivity contribution is -0.122. The van der Waals surface area contributed by atoms with Crippen LogP contribution in [0.5, 0.6) is 0 Å². The van der Waals surface area contributed by atoms with Gasteiger partial charge in [0.2, 0.25) is 0 Å². The Morgan fingerprint density at radius 2 is 2.40 bits per heavy atom. The van der Waals surface area contributed by atoms with E-state index in [-0.39, 0.29) is 12.0 Å². The number of Topliss-reactive ketones (excluding diaryl/α,β-unsaturated/α-hetero) is 1. The molecule has 0 aliphatic carbocycles. The van der Waals surface area contributed by atoms with Gasteiger partial charge in [-0.1, -0.05) is 13.8 Å². The summed E-state index contributed by atoms with van der Waals surface area (Å²) in [5, 5.41) is 0. The van der Waals surface area contributed by atoms with E-state index in [0.717, 1.165) is 13.0 Å². The number of epoxide rings is 1. The summed E-state index contributed by atoms with van der Waals surface area (Å²) in [6, 6.07) is 0. The maximum Gasteiger partial charge on any atom is 0.138 e. The molecule has 1 saturated heterocycles. The number of hydrogen-bond acceptors (Lipinski definition) is 2. The molecular formula is C8H14O2. The molecule has 2 nitrogen and oxygen atoms in total. The highest BCUT2D eigenvalue weighted by atomic mass is 16.6. The highest BCUT2D eigenvalue weighted by molar-refractivity contribution is 5.81. The molecule has 0 amide bonds. The van der Waals surface area contributed by atoms with E-state index in [4.69, 9.17) is 4.74 Å². The maximum absolute atomic E-state index is 11.1. The Bertz CT molecular complexity index is 127. The van der Waals surface area contributed by atoms with Crippen LogP contribution in [0.2, 0.25) is 0 Å². The first-order valence-corrected chi connectivity index (χ1v) is 3.88. The van der Waals surface area contributed by atoms with Crippen molar-refractivity contribution in [1.82, 2.24) is 0 Å². The highest BCUT2D eigenvalue weighted by Gasteiger charge is 2.26. The number of rotatable bonds is 4. The Morgan fingerprint density at radius 3 is 2.80 bits per heavy atom. The van der Waals surface area contributed by atoms with Gasteiger partial charge in [-0.05, 0) is 6.42 Å². The van der Waals surface area contributed by atoms with Crippen LogP contribution in [0, 0.1) is 5.92 Å². The predicted octanol–water partition coefficient (Wildman–Crippen LogP) is 1.39. The lowest BCUT2D eigenvalue weighted by Gasteiger charge is -2.03. The summed E-state index contributed by atoms with van der Waals surface area (Å²) >= 11 is 0. The quantitative estimate of drug-likeness (QED) is 0.555. The number of carbonyl (C=O) groups is 1. The molecule has 2 unspecified atom stereocenters. The van der Waals surface area contributed by atoms with Crippen LogP contribution < -0.4 is 0 Å². The minimum Gasteiger partial charge on any atom is -0.373 e. The van der Waals surface area contributed by atoms with Gasteiger partial charge in [-0.2, -0.15) is 0 Å². The van der Waals surface area contributed by atoms with Crippen LogP contribution in [-0.4, -0.2) is 18.5 Å². The third kappa shape index (κ3) is 2.10. The fourth-order valence-corrected chi connectivity index (χ4v) is 0.839. The molecule has 1 heterocycles. The Morgan fingerprint density at radius 1 is 1.80 bits per heavy atom. The van der Waals surface area contributed by atoms with Crippen molar-refractivity contribution in [2.45, 2.75) is 32.8 Å². The number of carbonyl (C=O) groups excluding carboxylic acids is 1. The Kier molecular flexibility index (Phi) is 2.44. The van der Waals surface area contributed by atoms with Crippen LogP contribution in [0.4, 0.5) is 0 Å². The van der Waals surface area contributed by atoms with E-state index in [1.54, 1.807) is 0 Å².